The van der Waals surface area contributed by atoms with Gasteiger partial charge in [-0.15, -0.1) is 0 Å². The number of carbonyl (C=O) groups is 2. The highest BCUT2D eigenvalue weighted by atomic mass is 16.4. The van der Waals surface area contributed by atoms with Crippen molar-refractivity contribution in [2.45, 2.75) is 50.7 Å². The third kappa shape index (κ3) is 2.86. The Morgan fingerprint density at radius 1 is 1.09 bits per heavy atom. The van der Waals surface area contributed by atoms with Gasteiger partial charge in [0.15, 0.2) is 0 Å². The Hall–Kier alpha value is -1.88. The van der Waals surface area contributed by atoms with E-state index in [-0.39, 0.29) is 5.56 Å². The second-order valence-electron chi connectivity index (χ2n) is 6.38. The molecule has 1 aliphatic carbocycles. The van der Waals surface area contributed by atoms with Gasteiger partial charge >= 0.3 is 11.9 Å². The lowest BCUT2D eigenvalue weighted by Crippen LogP contribution is -2.41. The highest BCUT2D eigenvalue weighted by molar-refractivity contribution is 5.87. The summed E-state index contributed by atoms with van der Waals surface area (Å²) in [5, 5.41) is 18.4. The summed E-state index contributed by atoms with van der Waals surface area (Å²) in [6.07, 6.45) is 5.31. The van der Waals surface area contributed by atoms with Crippen LogP contribution in [0.1, 0.15) is 48.0 Å². The Morgan fingerprint density at radius 3 is 2.41 bits per heavy atom. The van der Waals surface area contributed by atoms with Gasteiger partial charge in [-0.05, 0) is 42.9 Å². The third-order valence-electron chi connectivity index (χ3n) is 5.07. The Morgan fingerprint density at radius 2 is 1.77 bits per heavy atom. The Labute approximate surface area is 129 Å². The van der Waals surface area contributed by atoms with Crippen molar-refractivity contribution < 1.29 is 19.8 Å². The van der Waals surface area contributed by atoms with E-state index in [9.17, 15) is 14.7 Å². The Bertz CT molecular complexity index is 569. The molecule has 22 heavy (non-hydrogen) atoms. The van der Waals surface area contributed by atoms with Crippen molar-refractivity contribution in [2.24, 2.45) is 5.92 Å². The fourth-order valence-corrected chi connectivity index (χ4v) is 3.99. The van der Waals surface area contributed by atoms with Crippen LogP contribution in [0, 0.1) is 5.92 Å². The molecule has 0 amide bonds. The number of likely N-dealkylation sites (tertiary alicyclic amines) is 1. The monoisotopic (exact) mass is 303 g/mol. The molecule has 1 saturated heterocycles. The van der Waals surface area contributed by atoms with Crippen molar-refractivity contribution in [3.8, 4) is 0 Å². The quantitative estimate of drug-likeness (QED) is 0.894. The molecular weight excluding hydrogens is 282 g/mol. The molecule has 1 aromatic carbocycles. The van der Waals surface area contributed by atoms with Crippen LogP contribution in [0.5, 0.6) is 0 Å². The summed E-state index contributed by atoms with van der Waals surface area (Å²) in [5.74, 6) is -1.19. The first-order valence-electron chi connectivity index (χ1n) is 7.87. The molecule has 2 N–H and O–H groups in total. The van der Waals surface area contributed by atoms with Crippen LogP contribution in [0.2, 0.25) is 0 Å². The minimum Gasteiger partial charge on any atom is -0.480 e. The topological polar surface area (TPSA) is 77.8 Å². The molecule has 1 heterocycles. The molecule has 3 rings (SSSR count). The number of aromatic carboxylic acids is 1. The minimum atomic E-state index is -0.941. The van der Waals surface area contributed by atoms with Gasteiger partial charge in [0.25, 0.3) is 0 Å². The maximum Gasteiger partial charge on any atom is 0.335 e. The number of fused-ring (bicyclic) bond motifs is 1. The average Bonchev–Trinajstić information content (AvgIpc) is 2.87. The first kappa shape index (κ1) is 15.0. The van der Waals surface area contributed by atoms with Crippen molar-refractivity contribution in [3.05, 3.63) is 35.4 Å². The fraction of sp³-hybridized carbons (Fsp3) is 0.529. The van der Waals surface area contributed by atoms with Gasteiger partial charge in [0.05, 0.1) is 5.56 Å². The maximum atomic E-state index is 11.6. The molecule has 2 fully saturated rings. The van der Waals surface area contributed by atoms with Crippen molar-refractivity contribution in [3.63, 3.8) is 0 Å². The molecule has 1 aliphatic heterocycles. The van der Waals surface area contributed by atoms with Crippen molar-refractivity contribution in [1.82, 2.24) is 4.90 Å². The molecule has 118 valence electrons. The highest BCUT2D eigenvalue weighted by Gasteiger charge is 2.44. The minimum absolute atomic E-state index is 0.260. The molecule has 0 aromatic heterocycles. The van der Waals surface area contributed by atoms with Gasteiger partial charge in [-0.2, -0.15) is 0 Å². The average molecular weight is 303 g/mol. The van der Waals surface area contributed by atoms with Gasteiger partial charge < -0.3 is 10.2 Å². The fourth-order valence-electron chi connectivity index (χ4n) is 3.99. The van der Waals surface area contributed by atoms with Gasteiger partial charge in [0.1, 0.15) is 6.04 Å². The van der Waals surface area contributed by atoms with Gasteiger partial charge in [-0.1, -0.05) is 25.0 Å². The van der Waals surface area contributed by atoms with E-state index in [0.29, 0.717) is 18.5 Å². The number of hydrogen-bond donors (Lipinski definition) is 2. The lowest BCUT2D eigenvalue weighted by molar-refractivity contribution is -0.142. The van der Waals surface area contributed by atoms with Crippen molar-refractivity contribution >= 4 is 11.9 Å². The summed E-state index contributed by atoms with van der Waals surface area (Å²) >= 11 is 0. The first-order valence-corrected chi connectivity index (χ1v) is 7.87. The van der Waals surface area contributed by atoms with Gasteiger partial charge in [-0.3, -0.25) is 9.69 Å². The van der Waals surface area contributed by atoms with Crippen LogP contribution in [-0.4, -0.2) is 39.1 Å². The molecule has 0 bridgehead atoms. The first-order chi connectivity index (χ1) is 10.6. The zero-order valence-corrected chi connectivity index (χ0v) is 12.4. The summed E-state index contributed by atoms with van der Waals surface area (Å²) in [6, 6.07) is 6.70. The van der Waals surface area contributed by atoms with Crippen LogP contribution >= 0.6 is 0 Å². The van der Waals surface area contributed by atoms with Gasteiger partial charge in [0, 0.05) is 12.6 Å². The van der Waals surface area contributed by atoms with E-state index in [1.807, 2.05) is 0 Å². The summed E-state index contributed by atoms with van der Waals surface area (Å²) in [6.45, 7) is 0.581. The van der Waals surface area contributed by atoms with E-state index >= 15 is 0 Å². The van der Waals surface area contributed by atoms with Gasteiger partial charge in [-0.25, -0.2) is 4.79 Å². The number of aliphatic carboxylic acids is 1. The molecule has 5 nitrogen and oxygen atoms in total. The van der Waals surface area contributed by atoms with Crippen molar-refractivity contribution in [2.75, 3.05) is 0 Å². The molecule has 1 saturated carbocycles. The zero-order chi connectivity index (χ0) is 15.7. The second-order valence-corrected chi connectivity index (χ2v) is 6.38. The largest absolute Gasteiger partial charge is 0.480 e. The standard InChI is InChI=1S/C17H21NO4/c19-16(20)12-7-5-11(6-8-12)10-18-14-4-2-1-3-13(14)9-15(18)17(21)22/h5-8,13-15H,1-4,9-10H2,(H,19,20)(H,21,22). The number of nitrogens with zero attached hydrogens (tertiary/aromatic N) is 1. The van der Waals surface area contributed by atoms with E-state index in [2.05, 4.69) is 4.90 Å². The molecule has 2 aliphatic rings. The predicted molar refractivity (Wildman–Crippen MR) is 80.7 cm³/mol. The van der Waals surface area contributed by atoms with Crippen LogP contribution in [0.3, 0.4) is 0 Å². The van der Waals surface area contributed by atoms with Crippen LogP contribution in [-0.2, 0) is 11.3 Å². The second kappa shape index (κ2) is 6.08. The van der Waals surface area contributed by atoms with E-state index < -0.39 is 18.0 Å². The van der Waals surface area contributed by atoms with Crippen LogP contribution < -0.4 is 0 Å². The molecule has 1 aromatic rings. The van der Waals surface area contributed by atoms with Crippen LogP contribution in [0.25, 0.3) is 0 Å². The number of carboxylic acids is 2. The molecule has 0 spiro atoms. The molecule has 3 atom stereocenters. The Balaban J connectivity index is 1.78. The lowest BCUT2D eigenvalue weighted by atomic mass is 9.84. The maximum absolute atomic E-state index is 11.6. The molecular formula is C17H21NO4. The summed E-state index contributed by atoms with van der Waals surface area (Å²) < 4.78 is 0. The molecule has 0 radical (unpaired) electrons. The number of hydrogen-bond acceptors (Lipinski definition) is 3. The Kier molecular flexibility index (Phi) is 4.16. The van der Waals surface area contributed by atoms with E-state index in [1.165, 1.54) is 12.8 Å². The van der Waals surface area contributed by atoms with Gasteiger partial charge in [0.2, 0.25) is 0 Å². The summed E-state index contributed by atoms with van der Waals surface area (Å²) in [4.78, 5) is 24.6. The number of carboxylic acid groups (broad SMARTS) is 2. The summed E-state index contributed by atoms with van der Waals surface area (Å²) in [5.41, 5.74) is 1.23. The van der Waals surface area contributed by atoms with E-state index in [1.54, 1.807) is 24.3 Å². The SMILES string of the molecule is O=C(O)c1ccc(CN2C(C(=O)O)CC3CCCCC32)cc1. The van der Waals surface area contributed by atoms with E-state index in [0.717, 1.165) is 24.8 Å². The predicted octanol–water partition coefficient (Wildman–Crippen LogP) is 2.60. The smallest absolute Gasteiger partial charge is 0.335 e. The van der Waals surface area contributed by atoms with Crippen LogP contribution in [0.15, 0.2) is 24.3 Å². The lowest BCUT2D eigenvalue weighted by Gasteiger charge is -2.33. The third-order valence-corrected chi connectivity index (χ3v) is 5.07. The van der Waals surface area contributed by atoms with Crippen molar-refractivity contribution in [1.29, 1.82) is 0 Å². The number of rotatable bonds is 4. The van der Waals surface area contributed by atoms with E-state index in [4.69, 9.17) is 5.11 Å². The van der Waals surface area contributed by atoms with Crippen LogP contribution in [0.4, 0.5) is 0 Å². The number of benzene rings is 1. The normalized spacial score (nSPS) is 28.3. The molecule has 5 heteroatoms. The molecule has 3 unspecified atom stereocenters. The summed E-state index contributed by atoms with van der Waals surface area (Å²) in [7, 11) is 0. The highest BCUT2D eigenvalue weighted by Crippen LogP contribution is 2.40. The zero-order valence-electron chi connectivity index (χ0n) is 12.4.